The first-order chi connectivity index (χ1) is 13.9. The topological polar surface area (TPSA) is 17.1 Å². The van der Waals surface area contributed by atoms with Gasteiger partial charge >= 0.3 is 0 Å². The van der Waals surface area contributed by atoms with E-state index in [-0.39, 0.29) is 5.41 Å². The molecule has 0 aliphatic carbocycles. The Morgan fingerprint density at radius 2 is 0.966 bits per heavy atom. The summed E-state index contributed by atoms with van der Waals surface area (Å²) in [6, 6.07) is 0. The van der Waals surface area contributed by atoms with E-state index in [1.165, 1.54) is 116 Å². The van der Waals surface area contributed by atoms with Gasteiger partial charge in [-0.25, -0.2) is 0 Å². The smallest absolute Gasteiger partial charge is 0.138 e. The van der Waals surface area contributed by atoms with E-state index in [2.05, 4.69) is 13.8 Å². The van der Waals surface area contributed by atoms with E-state index in [4.69, 9.17) is 0 Å². The molecule has 0 fully saturated rings. The van der Waals surface area contributed by atoms with E-state index in [1.807, 2.05) is 20.8 Å². The van der Waals surface area contributed by atoms with Gasteiger partial charge in [-0.1, -0.05) is 150 Å². The highest BCUT2D eigenvalue weighted by Crippen LogP contribution is 2.22. The number of carbonyl (C=O) groups is 1. The molecule has 0 spiro atoms. The van der Waals surface area contributed by atoms with Crippen molar-refractivity contribution in [3.63, 3.8) is 0 Å². The first-order valence-corrected chi connectivity index (χ1v) is 13.4. The van der Waals surface area contributed by atoms with E-state index < -0.39 is 0 Å². The van der Waals surface area contributed by atoms with Gasteiger partial charge in [-0.15, -0.1) is 0 Å². The Morgan fingerprint density at radius 1 is 0.586 bits per heavy atom. The predicted octanol–water partition coefficient (Wildman–Crippen LogP) is 10.1. The molecule has 0 heterocycles. The van der Waals surface area contributed by atoms with Crippen LogP contribution in [0.4, 0.5) is 0 Å². The maximum absolute atomic E-state index is 11.9. The third kappa shape index (κ3) is 19.4. The lowest BCUT2D eigenvalue weighted by Crippen LogP contribution is -2.19. The number of carbonyl (C=O) groups excluding carboxylic acids is 1. The lowest BCUT2D eigenvalue weighted by molar-refractivity contribution is -0.126. The summed E-state index contributed by atoms with van der Waals surface area (Å²) in [5.74, 6) is 1.41. The van der Waals surface area contributed by atoms with Crippen LogP contribution in [-0.2, 0) is 4.79 Å². The zero-order chi connectivity index (χ0) is 21.8. The van der Waals surface area contributed by atoms with Gasteiger partial charge < -0.3 is 0 Å². The lowest BCUT2D eigenvalue weighted by atomic mass is 9.88. The predicted molar refractivity (Wildman–Crippen MR) is 132 cm³/mol. The molecule has 0 saturated heterocycles. The van der Waals surface area contributed by atoms with Crippen LogP contribution in [0.5, 0.6) is 0 Å². The van der Waals surface area contributed by atoms with Gasteiger partial charge in [0.2, 0.25) is 0 Å². The second-order valence-corrected chi connectivity index (χ2v) is 10.6. The van der Waals surface area contributed by atoms with Gasteiger partial charge in [-0.3, -0.25) is 4.79 Å². The minimum Gasteiger partial charge on any atom is -0.299 e. The number of rotatable bonds is 21. The number of Topliss-reactive ketones (excluding diaryl/α,β-unsaturated/α-hetero) is 1. The van der Waals surface area contributed by atoms with Crippen LogP contribution in [0.25, 0.3) is 0 Å². The van der Waals surface area contributed by atoms with Crippen molar-refractivity contribution in [1.29, 1.82) is 0 Å². The average Bonchev–Trinajstić information content (AvgIpc) is 2.68. The zero-order valence-electron chi connectivity index (χ0n) is 21.1. The Bertz CT molecular complexity index is 352. The van der Waals surface area contributed by atoms with Gasteiger partial charge in [0.1, 0.15) is 5.78 Å². The maximum atomic E-state index is 11.9. The Kier molecular flexibility index (Phi) is 19.4. The Balaban J connectivity index is 3.40. The van der Waals surface area contributed by atoms with Gasteiger partial charge in [0.05, 0.1) is 0 Å². The van der Waals surface area contributed by atoms with Crippen LogP contribution in [-0.4, -0.2) is 5.78 Å². The van der Waals surface area contributed by atoms with Crippen molar-refractivity contribution in [2.45, 2.75) is 163 Å². The van der Waals surface area contributed by atoms with E-state index in [1.54, 1.807) is 0 Å². The van der Waals surface area contributed by atoms with Crippen LogP contribution in [0.15, 0.2) is 0 Å². The van der Waals surface area contributed by atoms with Crippen LogP contribution in [0, 0.1) is 11.3 Å². The van der Waals surface area contributed by atoms with Gasteiger partial charge in [-0.2, -0.15) is 0 Å². The summed E-state index contributed by atoms with van der Waals surface area (Å²) in [5.41, 5.74) is -0.148. The highest BCUT2D eigenvalue weighted by Gasteiger charge is 2.19. The highest BCUT2D eigenvalue weighted by atomic mass is 16.1. The molecule has 0 radical (unpaired) electrons. The van der Waals surface area contributed by atoms with Crippen LogP contribution >= 0.6 is 0 Å². The van der Waals surface area contributed by atoms with Crippen molar-refractivity contribution in [3.8, 4) is 0 Å². The SMILES string of the molecule is CCCCCCCCCCC(CC)CCCCCCCCCCC(=O)C(C)(C)C. The van der Waals surface area contributed by atoms with E-state index >= 15 is 0 Å². The van der Waals surface area contributed by atoms with E-state index in [0.29, 0.717) is 5.78 Å². The van der Waals surface area contributed by atoms with Crippen LogP contribution in [0.1, 0.15) is 163 Å². The summed E-state index contributed by atoms with van der Waals surface area (Å²) in [6.07, 6.45) is 27.3. The molecular formula is C28H56O. The number of unbranched alkanes of at least 4 members (excludes halogenated alkanes) is 14. The molecule has 0 aliphatic rings. The molecule has 0 amide bonds. The number of hydrogen-bond donors (Lipinski definition) is 0. The van der Waals surface area contributed by atoms with Gasteiger partial charge in [0, 0.05) is 11.8 Å². The minimum atomic E-state index is -0.148. The minimum absolute atomic E-state index is 0.148. The molecule has 29 heavy (non-hydrogen) atoms. The highest BCUT2D eigenvalue weighted by molar-refractivity contribution is 5.83. The second kappa shape index (κ2) is 19.6. The molecule has 1 nitrogen and oxygen atoms in total. The molecule has 0 aromatic rings. The third-order valence-corrected chi connectivity index (χ3v) is 6.65. The quantitative estimate of drug-likeness (QED) is 0.173. The maximum Gasteiger partial charge on any atom is 0.138 e. The van der Waals surface area contributed by atoms with Crippen molar-refractivity contribution in [3.05, 3.63) is 0 Å². The van der Waals surface area contributed by atoms with Crippen LogP contribution < -0.4 is 0 Å². The van der Waals surface area contributed by atoms with Crippen molar-refractivity contribution in [2.24, 2.45) is 11.3 Å². The van der Waals surface area contributed by atoms with Gasteiger partial charge in [0.15, 0.2) is 0 Å². The number of hydrogen-bond acceptors (Lipinski definition) is 1. The van der Waals surface area contributed by atoms with Crippen LogP contribution in [0.3, 0.4) is 0 Å². The average molecular weight is 409 g/mol. The third-order valence-electron chi connectivity index (χ3n) is 6.65. The van der Waals surface area contributed by atoms with Gasteiger partial charge in [-0.05, 0) is 12.3 Å². The molecule has 0 saturated carbocycles. The molecule has 0 aromatic carbocycles. The standard InChI is InChI=1S/C28H56O/c1-6-8-9-10-11-14-17-20-23-26(7-2)24-21-18-15-12-13-16-19-22-25-27(29)28(3,4)5/h26H,6-25H2,1-5H3. The fraction of sp³-hybridized carbons (Fsp3) is 0.964. The largest absolute Gasteiger partial charge is 0.299 e. The summed E-state index contributed by atoms with van der Waals surface area (Å²) in [4.78, 5) is 11.9. The molecule has 0 N–H and O–H groups in total. The normalized spacial score (nSPS) is 13.0. The summed E-state index contributed by atoms with van der Waals surface area (Å²) in [7, 11) is 0. The van der Waals surface area contributed by atoms with E-state index in [9.17, 15) is 4.79 Å². The number of ketones is 1. The van der Waals surface area contributed by atoms with Crippen molar-refractivity contribution >= 4 is 5.78 Å². The van der Waals surface area contributed by atoms with Crippen LogP contribution in [0.2, 0.25) is 0 Å². The molecule has 0 rings (SSSR count). The second-order valence-electron chi connectivity index (χ2n) is 10.6. The first kappa shape index (κ1) is 28.7. The summed E-state index contributed by atoms with van der Waals surface area (Å²) >= 11 is 0. The van der Waals surface area contributed by atoms with Crippen molar-refractivity contribution < 1.29 is 4.79 Å². The van der Waals surface area contributed by atoms with Crippen molar-refractivity contribution in [1.82, 2.24) is 0 Å². The van der Waals surface area contributed by atoms with E-state index in [0.717, 1.165) is 18.8 Å². The monoisotopic (exact) mass is 408 g/mol. The molecular weight excluding hydrogens is 352 g/mol. The molecule has 1 unspecified atom stereocenters. The first-order valence-electron chi connectivity index (χ1n) is 13.4. The molecule has 0 aromatic heterocycles. The summed E-state index contributed by atoms with van der Waals surface area (Å²) in [6.45, 7) is 10.8. The van der Waals surface area contributed by atoms with Gasteiger partial charge in [0.25, 0.3) is 0 Å². The Hall–Kier alpha value is -0.330. The van der Waals surface area contributed by atoms with Crippen molar-refractivity contribution in [2.75, 3.05) is 0 Å². The molecule has 0 aliphatic heterocycles. The lowest BCUT2D eigenvalue weighted by Gasteiger charge is -2.16. The Morgan fingerprint density at radius 3 is 1.34 bits per heavy atom. The fourth-order valence-corrected chi connectivity index (χ4v) is 4.27. The summed E-state index contributed by atoms with van der Waals surface area (Å²) < 4.78 is 0. The summed E-state index contributed by atoms with van der Waals surface area (Å²) in [5, 5.41) is 0. The fourth-order valence-electron chi connectivity index (χ4n) is 4.27. The molecule has 0 bridgehead atoms. The zero-order valence-corrected chi connectivity index (χ0v) is 21.1. The Labute approximate surface area is 185 Å². The molecule has 174 valence electrons. The molecule has 1 atom stereocenters. The molecule has 1 heteroatoms.